The molecule has 29 heavy (non-hydrogen) atoms. The van der Waals surface area contributed by atoms with Crippen LogP contribution in [0.15, 0.2) is 52.4 Å². The van der Waals surface area contributed by atoms with E-state index in [1.165, 1.54) is 11.1 Å². The topological polar surface area (TPSA) is 57.1 Å². The van der Waals surface area contributed by atoms with Crippen LogP contribution in [0.3, 0.4) is 0 Å². The maximum atomic E-state index is 11.9. The molecule has 0 spiro atoms. The first-order valence-corrected chi connectivity index (χ1v) is 10.4. The van der Waals surface area contributed by atoms with Crippen molar-refractivity contribution in [2.24, 2.45) is 9.98 Å². The molecule has 6 heteroatoms. The minimum atomic E-state index is -0.308. The summed E-state index contributed by atoms with van der Waals surface area (Å²) in [5, 5.41) is 3.52. The van der Waals surface area contributed by atoms with E-state index in [0.29, 0.717) is 24.2 Å². The summed E-state index contributed by atoms with van der Waals surface area (Å²) < 4.78 is 0. The molecule has 1 unspecified atom stereocenters. The molecule has 0 saturated carbocycles. The number of hydrogen-bond acceptors (Lipinski definition) is 3. The fourth-order valence-electron chi connectivity index (χ4n) is 3.73. The number of carbonyl (C=O) groups excluding carboxylic acids is 1. The molecular formula is C23H25ClN4O. The molecule has 2 heterocycles. The number of nitrogens with one attached hydrogen (secondary N) is 1. The van der Waals surface area contributed by atoms with Gasteiger partial charge in [-0.05, 0) is 53.6 Å². The van der Waals surface area contributed by atoms with Crippen molar-refractivity contribution < 1.29 is 4.79 Å². The SMILES string of the molecule is CC(C)c1ccc2c(c1)N=C1CNC(=O)N=C1N2CCC(C)c1ccc(Cl)cc1. The number of halogens is 1. The van der Waals surface area contributed by atoms with E-state index in [0.717, 1.165) is 35.1 Å². The third-order valence-corrected chi connectivity index (χ3v) is 5.82. The Kier molecular flexibility index (Phi) is 5.41. The number of hydrogen-bond donors (Lipinski definition) is 1. The molecule has 0 fully saturated rings. The van der Waals surface area contributed by atoms with Gasteiger partial charge in [-0.25, -0.2) is 9.79 Å². The number of fused-ring (bicyclic) bond motifs is 2. The van der Waals surface area contributed by atoms with E-state index in [1.807, 2.05) is 12.1 Å². The second-order valence-electron chi connectivity index (χ2n) is 7.95. The van der Waals surface area contributed by atoms with E-state index in [4.69, 9.17) is 16.6 Å². The highest BCUT2D eigenvalue weighted by atomic mass is 35.5. The van der Waals surface area contributed by atoms with Crippen LogP contribution < -0.4 is 10.2 Å². The summed E-state index contributed by atoms with van der Waals surface area (Å²) in [6, 6.07) is 14.1. The molecule has 1 atom stereocenters. The Morgan fingerprint density at radius 2 is 1.79 bits per heavy atom. The molecule has 2 aromatic carbocycles. The summed E-state index contributed by atoms with van der Waals surface area (Å²) in [4.78, 5) is 23.1. The van der Waals surface area contributed by atoms with Gasteiger partial charge in [-0.1, -0.05) is 50.6 Å². The Morgan fingerprint density at radius 3 is 2.52 bits per heavy atom. The molecule has 2 aliphatic heterocycles. The van der Waals surface area contributed by atoms with Gasteiger partial charge in [0.1, 0.15) is 5.71 Å². The van der Waals surface area contributed by atoms with E-state index in [1.54, 1.807) is 0 Å². The third kappa shape index (κ3) is 4.06. The van der Waals surface area contributed by atoms with Gasteiger partial charge in [0.15, 0.2) is 5.84 Å². The fraction of sp³-hybridized carbons (Fsp3) is 0.348. The maximum Gasteiger partial charge on any atom is 0.343 e. The number of anilines is 1. The van der Waals surface area contributed by atoms with Gasteiger partial charge in [-0.3, -0.25) is 0 Å². The molecule has 5 nitrogen and oxygen atoms in total. The van der Waals surface area contributed by atoms with E-state index < -0.39 is 0 Å². The minimum absolute atomic E-state index is 0.308. The quantitative estimate of drug-likeness (QED) is 0.692. The second kappa shape index (κ2) is 7.99. The van der Waals surface area contributed by atoms with Crippen molar-refractivity contribution in [1.29, 1.82) is 0 Å². The van der Waals surface area contributed by atoms with Crippen LogP contribution in [-0.4, -0.2) is 30.7 Å². The molecule has 150 valence electrons. The highest BCUT2D eigenvalue weighted by Gasteiger charge is 2.30. The molecule has 2 amide bonds. The number of benzene rings is 2. The summed E-state index contributed by atoms with van der Waals surface area (Å²) in [5.41, 5.74) is 5.27. The standard InChI is InChI=1S/C23H25ClN4O/c1-14(2)17-6-9-21-19(12-17)26-20-13-25-23(29)27-22(20)28(21)11-10-15(3)16-4-7-18(24)8-5-16/h4-9,12,14-15H,10-11,13H2,1-3H3,(H,25,29). The van der Waals surface area contributed by atoms with Crippen LogP contribution in [0.1, 0.15) is 50.2 Å². The number of aliphatic imine (C=N–C) groups is 2. The first-order valence-electron chi connectivity index (χ1n) is 10.0. The first-order chi connectivity index (χ1) is 13.9. The summed E-state index contributed by atoms with van der Waals surface area (Å²) in [5.74, 6) is 1.45. The van der Waals surface area contributed by atoms with Gasteiger partial charge >= 0.3 is 6.03 Å². The Morgan fingerprint density at radius 1 is 1.07 bits per heavy atom. The monoisotopic (exact) mass is 408 g/mol. The van der Waals surface area contributed by atoms with Crippen molar-refractivity contribution in [3.63, 3.8) is 0 Å². The Balaban J connectivity index is 1.64. The molecule has 2 aliphatic rings. The van der Waals surface area contributed by atoms with Crippen LogP contribution in [0.4, 0.5) is 16.2 Å². The van der Waals surface area contributed by atoms with Gasteiger partial charge in [0.2, 0.25) is 0 Å². The summed E-state index contributed by atoms with van der Waals surface area (Å²) in [7, 11) is 0. The van der Waals surface area contributed by atoms with Crippen LogP contribution in [0.25, 0.3) is 0 Å². The van der Waals surface area contributed by atoms with Crippen molar-refractivity contribution in [3.05, 3.63) is 58.6 Å². The lowest BCUT2D eigenvalue weighted by Gasteiger charge is -2.34. The van der Waals surface area contributed by atoms with E-state index in [2.05, 4.69) is 66.3 Å². The van der Waals surface area contributed by atoms with Crippen molar-refractivity contribution in [2.75, 3.05) is 18.0 Å². The lowest BCUT2D eigenvalue weighted by Crippen LogP contribution is -2.48. The van der Waals surface area contributed by atoms with Crippen LogP contribution in [-0.2, 0) is 0 Å². The number of carbonyl (C=O) groups is 1. The number of nitrogens with zero attached hydrogens (tertiary/aromatic N) is 3. The predicted octanol–water partition coefficient (Wildman–Crippen LogP) is 5.67. The van der Waals surface area contributed by atoms with E-state index in [-0.39, 0.29) is 6.03 Å². The number of amides is 2. The Labute approximate surface area is 176 Å². The van der Waals surface area contributed by atoms with Crippen LogP contribution >= 0.6 is 11.6 Å². The molecule has 4 rings (SSSR count). The molecule has 0 saturated heterocycles. The lowest BCUT2D eigenvalue weighted by molar-refractivity contribution is 0.250. The van der Waals surface area contributed by atoms with Gasteiger partial charge in [0.05, 0.1) is 17.9 Å². The van der Waals surface area contributed by atoms with Crippen LogP contribution in [0.5, 0.6) is 0 Å². The lowest BCUT2D eigenvalue weighted by atomic mass is 9.96. The van der Waals surface area contributed by atoms with Gasteiger partial charge in [0.25, 0.3) is 0 Å². The molecule has 0 radical (unpaired) electrons. The summed E-state index contributed by atoms with van der Waals surface area (Å²) in [6.07, 6.45) is 0.918. The Bertz CT molecular complexity index is 994. The van der Waals surface area contributed by atoms with E-state index in [9.17, 15) is 4.79 Å². The molecular weight excluding hydrogens is 384 g/mol. The van der Waals surface area contributed by atoms with Crippen LogP contribution in [0.2, 0.25) is 5.02 Å². The van der Waals surface area contributed by atoms with Gasteiger partial charge in [-0.2, -0.15) is 4.99 Å². The molecule has 1 N–H and O–H groups in total. The average molecular weight is 409 g/mol. The maximum absolute atomic E-state index is 11.9. The number of urea groups is 1. The van der Waals surface area contributed by atoms with Crippen molar-refractivity contribution in [1.82, 2.24) is 5.32 Å². The number of rotatable bonds is 5. The molecule has 0 aromatic heterocycles. The zero-order valence-electron chi connectivity index (χ0n) is 16.9. The highest BCUT2D eigenvalue weighted by Crippen LogP contribution is 2.37. The molecule has 0 bridgehead atoms. The van der Waals surface area contributed by atoms with Gasteiger partial charge < -0.3 is 10.2 Å². The summed E-state index contributed by atoms with van der Waals surface area (Å²) >= 11 is 6.02. The fourth-order valence-corrected chi connectivity index (χ4v) is 3.85. The summed E-state index contributed by atoms with van der Waals surface area (Å²) in [6.45, 7) is 7.73. The van der Waals surface area contributed by atoms with Crippen molar-refractivity contribution in [3.8, 4) is 0 Å². The molecule has 0 aliphatic carbocycles. The van der Waals surface area contributed by atoms with E-state index >= 15 is 0 Å². The number of amidine groups is 1. The zero-order chi connectivity index (χ0) is 20.5. The average Bonchev–Trinajstić information content (AvgIpc) is 2.71. The third-order valence-electron chi connectivity index (χ3n) is 5.57. The van der Waals surface area contributed by atoms with Crippen LogP contribution in [0, 0.1) is 0 Å². The second-order valence-corrected chi connectivity index (χ2v) is 8.38. The van der Waals surface area contributed by atoms with Gasteiger partial charge in [0, 0.05) is 11.6 Å². The zero-order valence-corrected chi connectivity index (χ0v) is 17.7. The van der Waals surface area contributed by atoms with Crippen molar-refractivity contribution in [2.45, 2.75) is 39.0 Å². The smallest absolute Gasteiger partial charge is 0.330 e. The normalized spacial score (nSPS) is 16.6. The highest BCUT2D eigenvalue weighted by molar-refractivity contribution is 6.51. The first kappa shape index (κ1) is 19.6. The Hall–Kier alpha value is -2.66. The van der Waals surface area contributed by atoms with Crippen molar-refractivity contribution >= 4 is 40.6 Å². The largest absolute Gasteiger partial charge is 0.343 e. The van der Waals surface area contributed by atoms with Gasteiger partial charge in [-0.15, -0.1) is 0 Å². The molecule has 2 aromatic rings. The predicted molar refractivity (Wildman–Crippen MR) is 120 cm³/mol. The minimum Gasteiger partial charge on any atom is -0.330 e.